The van der Waals surface area contributed by atoms with Gasteiger partial charge in [0.05, 0.1) is 26.9 Å². The zero-order valence-corrected chi connectivity index (χ0v) is 42.1. The third-order valence-electron chi connectivity index (χ3n) is 10.1. The molecule has 0 heterocycles. The minimum Gasteiger partial charge on any atom is -0.906 e. The normalized spacial score (nSPS) is 9.34. The fourth-order valence-corrected chi connectivity index (χ4v) is 6.36. The van der Waals surface area contributed by atoms with Gasteiger partial charge in [0.15, 0.2) is 5.69 Å². The zero-order chi connectivity index (χ0) is 48.1. The van der Waals surface area contributed by atoms with Crippen molar-refractivity contribution >= 4 is 49.6 Å². The molecule has 0 spiro atoms. The molecule has 0 aromatic heterocycles. The maximum atomic E-state index is 11.6. The molecule has 0 saturated carbocycles. The topological polar surface area (TPSA) is 104 Å². The van der Waals surface area contributed by atoms with Gasteiger partial charge < -0.3 is 20.4 Å². The Morgan fingerprint density at radius 3 is 1.03 bits per heavy atom. The molecule has 8 aromatic rings. The number of hydrogen-bond acceptors (Lipinski definition) is 4. The quantitative estimate of drug-likeness (QED) is 0.0626. The minimum atomic E-state index is 0. The standard InChI is InChI=1S/3C15H15NO.C14H13NO.4Li/c1-12-7-3-5-9-14(12)16(2)11-13-8-4-6-10-15(13)17;1-12-6-5-8-14(10-12)16(2)11-13-7-3-4-9-15(13)17;1-12-7-9-14(10-8-12)16(2)11-13-5-3-4-6-15(13)17;1-15(13-8-3-2-4-9-13)11-12-7-5-6-10-14(12)16;;;;/h3*3-11,17H,2H2,1H3;2-11,16H,1H2;;;;/q;;;;4*+1/p-4. The summed E-state index contributed by atoms with van der Waals surface area (Å²) in [5.41, 5.74) is 9.93. The summed E-state index contributed by atoms with van der Waals surface area (Å²) in [5, 5.41) is 46.2. The predicted molar refractivity (Wildman–Crippen MR) is 265 cm³/mol. The van der Waals surface area contributed by atoms with Gasteiger partial charge in [0.2, 0.25) is 0 Å². The molecule has 8 aromatic carbocycles. The molecule has 0 radical (unpaired) electrons. The van der Waals surface area contributed by atoms with E-state index in [9.17, 15) is 20.4 Å². The average Bonchev–Trinajstić information content (AvgIpc) is 3.33. The Hall–Kier alpha value is -6.49. The second kappa shape index (κ2) is 32.4. The second-order valence-corrected chi connectivity index (χ2v) is 15.3. The molecule has 0 atom stereocenters. The maximum absolute atomic E-state index is 11.6. The Morgan fingerprint density at radius 2 is 0.634 bits per heavy atom. The first kappa shape index (κ1) is 62.5. The van der Waals surface area contributed by atoms with E-state index < -0.39 is 0 Å². The monoisotopic (exact) mass is 910 g/mol. The third kappa shape index (κ3) is 20.4. The number of rotatable bonds is 12. The molecule has 0 unspecified atom stereocenters. The number of aryl methyl sites for hydroxylation is 3. The summed E-state index contributed by atoms with van der Waals surface area (Å²) in [6, 6.07) is 61.3. The van der Waals surface area contributed by atoms with Gasteiger partial charge >= 0.3 is 75.4 Å². The first-order valence-electron chi connectivity index (χ1n) is 21.4. The van der Waals surface area contributed by atoms with Crippen LogP contribution in [-0.4, -0.2) is 45.2 Å². The van der Waals surface area contributed by atoms with Gasteiger partial charge in [-0.1, -0.05) is 143 Å². The van der Waals surface area contributed by atoms with Gasteiger partial charge in [0, 0.05) is 0 Å². The maximum Gasteiger partial charge on any atom is 1.00 e. The Labute approximate surface area is 469 Å². The molecule has 0 fully saturated rings. The average molecular weight is 911 g/mol. The van der Waals surface area contributed by atoms with Crippen molar-refractivity contribution in [2.45, 2.75) is 20.8 Å². The van der Waals surface area contributed by atoms with Crippen molar-refractivity contribution in [3.63, 3.8) is 0 Å². The Bertz CT molecular complexity index is 2930. The Kier molecular flexibility index (Phi) is 28.5. The van der Waals surface area contributed by atoms with Crippen LogP contribution >= 0.6 is 0 Å². The molecule has 0 saturated heterocycles. The van der Waals surface area contributed by atoms with E-state index in [1.54, 1.807) is 117 Å². The van der Waals surface area contributed by atoms with Gasteiger partial charge in [-0.05, 0) is 68.8 Å². The minimum absolute atomic E-state index is 0. The van der Waals surface area contributed by atoms with Crippen molar-refractivity contribution in [1.82, 2.24) is 0 Å². The van der Waals surface area contributed by atoms with Crippen molar-refractivity contribution in [1.29, 1.82) is 0 Å². The molecular formula is C59H54Li4N4O4. The zero-order valence-electron chi connectivity index (χ0n) is 42.1. The smallest absolute Gasteiger partial charge is 0.906 e. The number of hydrogen-bond donors (Lipinski definition) is 0. The second-order valence-electron chi connectivity index (χ2n) is 15.3. The third-order valence-corrected chi connectivity index (χ3v) is 10.1. The van der Waals surface area contributed by atoms with Crippen LogP contribution in [0.25, 0.3) is 0 Å². The van der Waals surface area contributed by atoms with Crippen LogP contribution in [-0.2, 0) is 0 Å². The summed E-state index contributed by atoms with van der Waals surface area (Å²) in [5.74, 6) is 0.0314. The summed E-state index contributed by atoms with van der Waals surface area (Å²) in [6.45, 7) is 28.7. The van der Waals surface area contributed by atoms with Crippen LogP contribution < -0.4 is 95.9 Å². The molecule has 71 heavy (non-hydrogen) atoms. The number of benzene rings is 8. The largest absolute Gasteiger partial charge is 1.00 e. The summed E-state index contributed by atoms with van der Waals surface area (Å²) >= 11 is 0. The number of nitrogens with zero attached hydrogens (tertiary/aromatic N) is 4. The summed E-state index contributed by atoms with van der Waals surface area (Å²) in [4.78, 5) is 0. The molecule has 0 aliphatic heterocycles. The van der Waals surface area contributed by atoms with Gasteiger partial charge in [0.1, 0.15) is 43.2 Å². The van der Waals surface area contributed by atoms with Crippen molar-refractivity contribution in [2.24, 2.45) is 0 Å². The van der Waals surface area contributed by atoms with Crippen LogP contribution in [0.5, 0.6) is 23.0 Å². The van der Waals surface area contributed by atoms with E-state index >= 15 is 0 Å². The van der Waals surface area contributed by atoms with E-state index in [-0.39, 0.29) is 98.4 Å². The van der Waals surface area contributed by atoms with E-state index in [0.717, 1.165) is 28.3 Å². The van der Waals surface area contributed by atoms with E-state index in [1.807, 2.05) is 148 Å². The van der Waals surface area contributed by atoms with Gasteiger partial charge in [-0.3, -0.25) is 18.3 Å². The van der Waals surface area contributed by atoms with Gasteiger partial charge in [-0.15, -0.1) is 48.5 Å². The van der Waals surface area contributed by atoms with Crippen LogP contribution in [0, 0.1) is 47.0 Å². The summed E-state index contributed by atoms with van der Waals surface area (Å²) in [6.07, 6.45) is 0. The van der Waals surface area contributed by atoms with Crippen molar-refractivity contribution in [3.05, 3.63) is 265 Å². The predicted octanol–water partition coefficient (Wildman–Crippen LogP) is -1.80. The molecule has 12 heteroatoms. The van der Waals surface area contributed by atoms with Crippen LogP contribution in [0.2, 0.25) is 0 Å². The molecule has 8 rings (SSSR count). The van der Waals surface area contributed by atoms with Gasteiger partial charge in [-0.25, -0.2) is 0 Å². The van der Waals surface area contributed by atoms with Crippen molar-refractivity contribution < 1.29 is 114 Å². The van der Waals surface area contributed by atoms with Crippen LogP contribution in [0.4, 0.5) is 22.7 Å². The summed E-state index contributed by atoms with van der Waals surface area (Å²) < 4.78 is 6.84. The van der Waals surface area contributed by atoms with Crippen molar-refractivity contribution in [2.75, 3.05) is 0 Å². The van der Waals surface area contributed by atoms with Gasteiger partial charge in [0.25, 0.3) is 0 Å². The van der Waals surface area contributed by atoms with Crippen LogP contribution in [0.15, 0.2) is 200 Å². The molecular weight excluding hydrogens is 856 g/mol. The summed E-state index contributed by atoms with van der Waals surface area (Å²) in [7, 11) is 0. The van der Waals surface area contributed by atoms with Gasteiger partial charge in [-0.2, -0.15) is 23.0 Å². The van der Waals surface area contributed by atoms with Crippen LogP contribution in [0.1, 0.15) is 38.9 Å². The molecule has 0 bridgehead atoms. The van der Waals surface area contributed by atoms with Crippen LogP contribution in [0.3, 0.4) is 0 Å². The Morgan fingerprint density at radius 1 is 0.310 bits per heavy atom. The van der Waals surface area contributed by atoms with E-state index in [1.165, 1.54) is 11.1 Å². The SMILES string of the molecule is C=[N+]([CH-]c1ccccc1[O-])c1ccc(C)cc1.C=[N+]([CH-]c1ccccc1[O-])c1cccc(C)c1.C=[N+]([CH-]c1ccccc1[O-])c1ccccc1.C=[N+]([CH-]c1ccccc1[O-])c1ccccc1C.[Li+].[Li+].[Li+].[Li+]. The molecule has 338 valence electrons. The molecule has 8 nitrogen and oxygen atoms in total. The molecule has 0 amide bonds. The fraction of sp³-hybridized carbons (Fsp3) is 0.0508. The first-order valence-corrected chi connectivity index (χ1v) is 21.4. The molecule has 0 aliphatic rings. The van der Waals surface area contributed by atoms with E-state index in [2.05, 4.69) is 26.9 Å². The van der Waals surface area contributed by atoms with Crippen molar-refractivity contribution in [3.8, 4) is 23.0 Å². The van der Waals surface area contributed by atoms with E-state index in [0.29, 0.717) is 22.3 Å². The fourth-order valence-electron chi connectivity index (χ4n) is 6.36. The first-order chi connectivity index (χ1) is 32.3. The molecule has 0 N–H and O–H groups in total. The van der Waals surface area contributed by atoms with E-state index in [4.69, 9.17) is 0 Å². The molecule has 0 aliphatic carbocycles. The Balaban J connectivity index is 0.000000465. The number of para-hydroxylation sites is 6.